The molecule has 1 rings (SSSR count). The second kappa shape index (κ2) is 4.94. The Morgan fingerprint density at radius 3 is 2.69 bits per heavy atom. The summed E-state index contributed by atoms with van der Waals surface area (Å²) in [6, 6.07) is 0. The summed E-state index contributed by atoms with van der Waals surface area (Å²) in [6.45, 7) is 5.70. The van der Waals surface area contributed by atoms with Crippen LogP contribution in [0.2, 0.25) is 0 Å². The third kappa shape index (κ3) is 2.43. The zero-order valence-electron chi connectivity index (χ0n) is 9.05. The molecule has 0 aromatic rings. The number of hydrogen-bond acceptors (Lipinski definition) is 1. The van der Waals surface area contributed by atoms with Crippen molar-refractivity contribution in [1.29, 1.82) is 0 Å². The molecule has 2 atom stereocenters. The van der Waals surface area contributed by atoms with Crippen LogP contribution >= 0.6 is 12.2 Å². The molecule has 0 N–H and O–H groups in total. The molecule has 1 aliphatic rings. The fraction of sp³-hybridized carbons (Fsp3) is 0.909. The lowest BCUT2D eigenvalue weighted by Gasteiger charge is -2.38. The lowest BCUT2D eigenvalue weighted by atomic mass is 9.81. The number of piperidine rings is 1. The van der Waals surface area contributed by atoms with Crippen LogP contribution in [0, 0.1) is 11.8 Å². The maximum atomic E-state index is 5.47. The standard InChI is InChI=1S/C11H21NS/c1-4-6-9-7-8-12(3)11(13)10(9)5-2/h9-10H,4-8H2,1-3H3. The van der Waals surface area contributed by atoms with Crippen LogP contribution in [-0.4, -0.2) is 23.5 Å². The fourth-order valence-electron chi connectivity index (χ4n) is 2.38. The van der Waals surface area contributed by atoms with Crippen LogP contribution in [0.15, 0.2) is 0 Å². The minimum absolute atomic E-state index is 0.675. The number of rotatable bonds is 3. The van der Waals surface area contributed by atoms with Crippen molar-refractivity contribution < 1.29 is 0 Å². The Morgan fingerprint density at radius 1 is 1.46 bits per heavy atom. The molecule has 1 aliphatic heterocycles. The minimum atomic E-state index is 0.675. The Kier molecular flexibility index (Phi) is 4.17. The van der Waals surface area contributed by atoms with Crippen LogP contribution in [0.4, 0.5) is 0 Å². The van der Waals surface area contributed by atoms with Gasteiger partial charge in [-0.3, -0.25) is 0 Å². The molecule has 1 heterocycles. The molecule has 0 saturated carbocycles. The largest absolute Gasteiger partial charge is 0.369 e. The van der Waals surface area contributed by atoms with Gasteiger partial charge >= 0.3 is 0 Å². The molecule has 76 valence electrons. The molecular formula is C11H21NS. The summed E-state index contributed by atoms with van der Waals surface area (Å²) in [4.78, 5) is 3.46. The van der Waals surface area contributed by atoms with E-state index in [0.29, 0.717) is 5.92 Å². The van der Waals surface area contributed by atoms with E-state index in [-0.39, 0.29) is 0 Å². The van der Waals surface area contributed by atoms with Crippen molar-refractivity contribution >= 4 is 17.2 Å². The maximum absolute atomic E-state index is 5.47. The number of hydrogen-bond donors (Lipinski definition) is 0. The smallest absolute Gasteiger partial charge is 0.0810 e. The quantitative estimate of drug-likeness (QED) is 0.643. The predicted molar refractivity (Wildman–Crippen MR) is 62.0 cm³/mol. The van der Waals surface area contributed by atoms with Gasteiger partial charge in [-0.1, -0.05) is 32.5 Å². The number of likely N-dealkylation sites (tertiary alicyclic amines) is 1. The molecule has 2 unspecified atom stereocenters. The van der Waals surface area contributed by atoms with Gasteiger partial charge in [0.15, 0.2) is 0 Å². The lowest BCUT2D eigenvalue weighted by Crippen LogP contribution is -2.41. The molecule has 1 fully saturated rings. The van der Waals surface area contributed by atoms with E-state index in [1.54, 1.807) is 0 Å². The first-order valence-electron chi connectivity index (χ1n) is 5.45. The van der Waals surface area contributed by atoms with Crippen LogP contribution in [-0.2, 0) is 0 Å². The highest BCUT2D eigenvalue weighted by Gasteiger charge is 2.29. The highest BCUT2D eigenvalue weighted by molar-refractivity contribution is 7.80. The molecule has 0 amide bonds. The van der Waals surface area contributed by atoms with Crippen molar-refractivity contribution in [3.63, 3.8) is 0 Å². The van der Waals surface area contributed by atoms with Crippen LogP contribution in [0.25, 0.3) is 0 Å². The monoisotopic (exact) mass is 199 g/mol. The Balaban J connectivity index is 2.60. The molecule has 1 saturated heterocycles. The van der Waals surface area contributed by atoms with Gasteiger partial charge in [-0.2, -0.15) is 0 Å². The highest BCUT2D eigenvalue weighted by Crippen LogP contribution is 2.30. The molecule has 0 spiro atoms. The normalized spacial score (nSPS) is 29.5. The molecule has 0 bridgehead atoms. The molecular weight excluding hydrogens is 178 g/mol. The Bertz CT molecular complexity index is 179. The van der Waals surface area contributed by atoms with Gasteiger partial charge in [0.2, 0.25) is 0 Å². The van der Waals surface area contributed by atoms with Gasteiger partial charge in [0.05, 0.1) is 4.99 Å². The lowest BCUT2D eigenvalue weighted by molar-refractivity contribution is 0.265. The molecule has 0 aliphatic carbocycles. The zero-order valence-corrected chi connectivity index (χ0v) is 9.86. The summed E-state index contributed by atoms with van der Waals surface area (Å²) < 4.78 is 0. The predicted octanol–water partition coefficient (Wildman–Crippen LogP) is 3.09. The first-order valence-corrected chi connectivity index (χ1v) is 5.86. The van der Waals surface area contributed by atoms with E-state index in [1.165, 1.54) is 37.2 Å². The van der Waals surface area contributed by atoms with E-state index in [1.807, 2.05) is 0 Å². The minimum Gasteiger partial charge on any atom is -0.369 e. The Hall–Kier alpha value is -0.110. The van der Waals surface area contributed by atoms with Crippen molar-refractivity contribution in [2.24, 2.45) is 11.8 Å². The van der Waals surface area contributed by atoms with Crippen LogP contribution < -0.4 is 0 Å². The van der Waals surface area contributed by atoms with E-state index >= 15 is 0 Å². The zero-order chi connectivity index (χ0) is 9.84. The summed E-state index contributed by atoms with van der Waals surface area (Å²) in [5.74, 6) is 1.53. The topological polar surface area (TPSA) is 3.24 Å². The maximum Gasteiger partial charge on any atom is 0.0810 e. The van der Waals surface area contributed by atoms with Gasteiger partial charge in [-0.25, -0.2) is 0 Å². The van der Waals surface area contributed by atoms with E-state index in [0.717, 1.165) is 5.92 Å². The summed E-state index contributed by atoms with van der Waals surface area (Å²) in [6.07, 6.45) is 5.21. The average Bonchev–Trinajstić information content (AvgIpc) is 2.12. The molecule has 1 nitrogen and oxygen atoms in total. The van der Waals surface area contributed by atoms with Gasteiger partial charge < -0.3 is 4.90 Å². The number of thiocarbonyl (C=S) groups is 1. The van der Waals surface area contributed by atoms with Crippen molar-refractivity contribution in [2.75, 3.05) is 13.6 Å². The Morgan fingerprint density at radius 2 is 2.15 bits per heavy atom. The van der Waals surface area contributed by atoms with Gasteiger partial charge in [-0.05, 0) is 25.2 Å². The highest BCUT2D eigenvalue weighted by atomic mass is 32.1. The fourth-order valence-corrected chi connectivity index (χ4v) is 2.83. The van der Waals surface area contributed by atoms with E-state index in [9.17, 15) is 0 Å². The third-order valence-corrected chi connectivity index (χ3v) is 3.81. The summed E-state index contributed by atoms with van der Waals surface area (Å²) in [7, 11) is 2.13. The molecule has 0 aromatic carbocycles. The van der Waals surface area contributed by atoms with Crippen molar-refractivity contribution in [1.82, 2.24) is 4.90 Å². The Labute approximate surface area is 87.5 Å². The van der Waals surface area contributed by atoms with Crippen molar-refractivity contribution in [2.45, 2.75) is 39.5 Å². The second-order valence-electron chi connectivity index (χ2n) is 4.11. The van der Waals surface area contributed by atoms with Gasteiger partial charge in [0.25, 0.3) is 0 Å². The molecule has 13 heavy (non-hydrogen) atoms. The summed E-state index contributed by atoms with van der Waals surface area (Å²) in [5.41, 5.74) is 0. The summed E-state index contributed by atoms with van der Waals surface area (Å²) >= 11 is 5.47. The average molecular weight is 199 g/mol. The van der Waals surface area contributed by atoms with Crippen LogP contribution in [0.3, 0.4) is 0 Å². The summed E-state index contributed by atoms with van der Waals surface area (Å²) in [5, 5.41) is 0. The first kappa shape index (κ1) is 11.0. The second-order valence-corrected chi connectivity index (χ2v) is 4.53. The SMILES string of the molecule is CCCC1CCN(C)C(=S)C1CC. The third-order valence-electron chi connectivity index (χ3n) is 3.20. The van der Waals surface area contributed by atoms with Gasteiger partial charge in [-0.15, -0.1) is 0 Å². The molecule has 2 heteroatoms. The van der Waals surface area contributed by atoms with E-state index in [2.05, 4.69) is 25.8 Å². The van der Waals surface area contributed by atoms with Crippen LogP contribution in [0.5, 0.6) is 0 Å². The van der Waals surface area contributed by atoms with Crippen LogP contribution in [0.1, 0.15) is 39.5 Å². The van der Waals surface area contributed by atoms with Crippen molar-refractivity contribution in [3.05, 3.63) is 0 Å². The van der Waals surface area contributed by atoms with Gasteiger partial charge in [0, 0.05) is 19.5 Å². The number of nitrogens with zero attached hydrogens (tertiary/aromatic N) is 1. The van der Waals surface area contributed by atoms with Crippen molar-refractivity contribution in [3.8, 4) is 0 Å². The van der Waals surface area contributed by atoms with E-state index < -0.39 is 0 Å². The van der Waals surface area contributed by atoms with Gasteiger partial charge in [0.1, 0.15) is 0 Å². The molecule has 0 radical (unpaired) electrons. The van der Waals surface area contributed by atoms with E-state index in [4.69, 9.17) is 12.2 Å². The molecule has 0 aromatic heterocycles. The first-order chi connectivity index (χ1) is 6.20.